The Hall–Kier alpha value is -2.39. The van der Waals surface area contributed by atoms with Crippen LogP contribution in [0.2, 0.25) is 0 Å². The van der Waals surface area contributed by atoms with Crippen molar-refractivity contribution in [3.63, 3.8) is 0 Å². The van der Waals surface area contributed by atoms with Gasteiger partial charge in [-0.25, -0.2) is 0 Å². The zero-order valence-electron chi connectivity index (χ0n) is 9.68. The van der Waals surface area contributed by atoms with E-state index in [1.54, 1.807) is 6.07 Å². The quantitative estimate of drug-likeness (QED) is 0.696. The number of H-pyrrole nitrogens is 1. The zero-order chi connectivity index (χ0) is 11.7. The van der Waals surface area contributed by atoms with Crippen molar-refractivity contribution in [2.24, 2.45) is 0 Å². The average molecular weight is 239 g/mol. The van der Waals surface area contributed by atoms with Gasteiger partial charge in [0, 0.05) is 22.7 Å². The zero-order valence-corrected chi connectivity index (χ0v) is 9.68. The largest absolute Gasteiger partial charge is 0.412 e. The van der Waals surface area contributed by atoms with E-state index < -0.39 is 0 Å². The maximum absolute atomic E-state index is 12.0. The molecule has 2 aromatic carbocycles. The van der Waals surface area contributed by atoms with E-state index in [0.717, 1.165) is 22.2 Å². The lowest BCUT2D eigenvalue weighted by molar-refractivity contribution is 0.824. The summed E-state index contributed by atoms with van der Waals surface area (Å²) in [5, 5.41) is 0.729. The van der Waals surface area contributed by atoms with Crippen LogP contribution in [0, 0.1) is 0 Å². The molecule has 0 bridgehead atoms. The monoisotopic (exact) mass is 239 g/mol. The molecule has 0 saturated carbocycles. The van der Waals surface area contributed by atoms with Crippen molar-refractivity contribution in [1.29, 1.82) is 0 Å². The van der Waals surface area contributed by atoms with Crippen LogP contribution in [-0.2, 0) is 0 Å². The Kier molecular flexibility index (Phi) is 3.26. The fourth-order valence-corrected chi connectivity index (χ4v) is 1.97. The molecule has 1 heterocycles. The molecule has 0 atom stereocenters. The van der Waals surface area contributed by atoms with Gasteiger partial charge in [-0.3, -0.25) is 4.79 Å². The first kappa shape index (κ1) is 12.1. The number of pyridine rings is 1. The van der Waals surface area contributed by atoms with Gasteiger partial charge in [-0.2, -0.15) is 0 Å². The first-order valence-corrected chi connectivity index (χ1v) is 5.52. The normalized spacial score (nSPS) is 10.0. The summed E-state index contributed by atoms with van der Waals surface area (Å²) >= 11 is 0. The Labute approximate surface area is 104 Å². The number of aromatic amines is 1. The smallest absolute Gasteiger partial charge is 0.190 e. The van der Waals surface area contributed by atoms with Crippen LogP contribution in [0.15, 0.2) is 65.5 Å². The van der Waals surface area contributed by atoms with E-state index in [0.29, 0.717) is 0 Å². The van der Waals surface area contributed by atoms with E-state index in [4.69, 9.17) is 0 Å². The molecule has 0 amide bonds. The van der Waals surface area contributed by atoms with Crippen LogP contribution in [0.5, 0.6) is 0 Å². The number of nitrogens with one attached hydrogen (secondary N) is 1. The molecule has 0 aliphatic carbocycles. The summed E-state index contributed by atoms with van der Waals surface area (Å²) in [5.74, 6) is 0. The van der Waals surface area contributed by atoms with Crippen molar-refractivity contribution in [3.05, 3.63) is 70.9 Å². The molecule has 3 nitrogen and oxygen atoms in total. The second-order valence-corrected chi connectivity index (χ2v) is 3.96. The molecular weight excluding hydrogens is 226 g/mol. The van der Waals surface area contributed by atoms with Gasteiger partial charge in [0.15, 0.2) is 5.43 Å². The van der Waals surface area contributed by atoms with Crippen LogP contribution in [-0.4, -0.2) is 10.5 Å². The molecule has 0 radical (unpaired) electrons. The van der Waals surface area contributed by atoms with Gasteiger partial charge in [-0.15, -0.1) is 0 Å². The van der Waals surface area contributed by atoms with E-state index in [2.05, 4.69) is 4.98 Å². The molecule has 0 fully saturated rings. The standard InChI is InChI=1S/C15H11NO.H2O/c17-15-10-14(11-6-2-1-3-7-11)16-13-9-5-4-8-12(13)15;/h1-10H,(H,16,17);1H2. The fraction of sp³-hybridized carbons (Fsp3) is 0. The van der Waals surface area contributed by atoms with Crippen molar-refractivity contribution >= 4 is 10.9 Å². The molecule has 0 saturated heterocycles. The number of fused-ring (bicyclic) bond motifs is 1. The highest BCUT2D eigenvalue weighted by molar-refractivity contribution is 5.81. The number of benzene rings is 2. The summed E-state index contributed by atoms with van der Waals surface area (Å²) in [4.78, 5) is 15.2. The topological polar surface area (TPSA) is 64.4 Å². The molecule has 1 aromatic heterocycles. The van der Waals surface area contributed by atoms with Crippen molar-refractivity contribution in [2.75, 3.05) is 0 Å². The van der Waals surface area contributed by atoms with Crippen molar-refractivity contribution in [2.45, 2.75) is 0 Å². The van der Waals surface area contributed by atoms with E-state index in [-0.39, 0.29) is 10.9 Å². The summed E-state index contributed by atoms with van der Waals surface area (Å²) in [6.45, 7) is 0. The Morgan fingerprint density at radius 2 is 1.50 bits per heavy atom. The van der Waals surface area contributed by atoms with Gasteiger partial charge in [-0.05, 0) is 17.7 Å². The number of aromatic nitrogens is 1. The van der Waals surface area contributed by atoms with Gasteiger partial charge >= 0.3 is 0 Å². The maximum atomic E-state index is 12.0. The predicted molar refractivity (Wildman–Crippen MR) is 73.6 cm³/mol. The lowest BCUT2D eigenvalue weighted by atomic mass is 10.1. The Morgan fingerprint density at radius 3 is 2.28 bits per heavy atom. The van der Waals surface area contributed by atoms with E-state index in [9.17, 15) is 4.79 Å². The van der Waals surface area contributed by atoms with Gasteiger partial charge in [0.2, 0.25) is 0 Å². The lowest BCUT2D eigenvalue weighted by Crippen LogP contribution is -2.02. The molecule has 18 heavy (non-hydrogen) atoms. The third-order valence-electron chi connectivity index (χ3n) is 2.82. The number of para-hydroxylation sites is 1. The number of rotatable bonds is 1. The average Bonchev–Trinajstić information content (AvgIpc) is 2.40. The number of hydrogen-bond acceptors (Lipinski definition) is 1. The predicted octanol–water partition coefficient (Wildman–Crippen LogP) is 2.37. The van der Waals surface area contributed by atoms with Crippen LogP contribution in [0.3, 0.4) is 0 Å². The van der Waals surface area contributed by atoms with Crippen molar-refractivity contribution in [3.8, 4) is 11.3 Å². The minimum Gasteiger partial charge on any atom is -0.412 e. The summed E-state index contributed by atoms with van der Waals surface area (Å²) in [7, 11) is 0. The highest BCUT2D eigenvalue weighted by atomic mass is 16.1. The van der Waals surface area contributed by atoms with Crippen molar-refractivity contribution in [1.82, 2.24) is 4.98 Å². The lowest BCUT2D eigenvalue weighted by Gasteiger charge is -2.04. The van der Waals surface area contributed by atoms with Gasteiger partial charge in [0.1, 0.15) is 0 Å². The molecule has 0 aliphatic heterocycles. The molecule has 0 unspecified atom stereocenters. The van der Waals surface area contributed by atoms with Crippen LogP contribution in [0.1, 0.15) is 0 Å². The molecular formula is C15H13NO2. The molecule has 3 N–H and O–H groups in total. The van der Waals surface area contributed by atoms with Crippen LogP contribution < -0.4 is 5.43 Å². The van der Waals surface area contributed by atoms with E-state index >= 15 is 0 Å². The van der Waals surface area contributed by atoms with E-state index in [1.807, 2.05) is 54.6 Å². The van der Waals surface area contributed by atoms with Gasteiger partial charge in [-0.1, -0.05) is 42.5 Å². The molecule has 3 heteroatoms. The summed E-state index contributed by atoms with van der Waals surface area (Å²) < 4.78 is 0. The molecule has 0 spiro atoms. The van der Waals surface area contributed by atoms with Gasteiger partial charge in [0.25, 0.3) is 0 Å². The molecule has 90 valence electrons. The highest BCUT2D eigenvalue weighted by Crippen LogP contribution is 2.17. The van der Waals surface area contributed by atoms with E-state index in [1.165, 1.54) is 0 Å². The minimum atomic E-state index is 0. The fourth-order valence-electron chi connectivity index (χ4n) is 1.97. The van der Waals surface area contributed by atoms with Gasteiger partial charge in [0.05, 0.1) is 0 Å². The minimum absolute atomic E-state index is 0. The third-order valence-corrected chi connectivity index (χ3v) is 2.82. The Balaban J connectivity index is 0.00000120. The summed E-state index contributed by atoms with van der Waals surface area (Å²) in [6, 6.07) is 19.1. The molecule has 0 aliphatic rings. The second kappa shape index (κ2) is 4.85. The molecule has 3 aromatic rings. The van der Waals surface area contributed by atoms with Crippen LogP contribution in [0.25, 0.3) is 22.2 Å². The third kappa shape index (κ3) is 2.04. The highest BCUT2D eigenvalue weighted by Gasteiger charge is 2.02. The van der Waals surface area contributed by atoms with Crippen molar-refractivity contribution < 1.29 is 5.48 Å². The second-order valence-electron chi connectivity index (χ2n) is 3.96. The Bertz CT molecular complexity index is 717. The first-order chi connectivity index (χ1) is 8.34. The number of hydrogen-bond donors (Lipinski definition) is 1. The van der Waals surface area contributed by atoms with Crippen LogP contribution in [0.4, 0.5) is 0 Å². The first-order valence-electron chi connectivity index (χ1n) is 5.52. The van der Waals surface area contributed by atoms with Gasteiger partial charge < -0.3 is 10.5 Å². The summed E-state index contributed by atoms with van der Waals surface area (Å²) in [5.41, 5.74) is 2.81. The maximum Gasteiger partial charge on any atom is 0.190 e. The SMILES string of the molecule is O.O=c1cc(-c2ccccc2)[nH]c2ccccc12. The Morgan fingerprint density at radius 1 is 0.833 bits per heavy atom. The molecule has 3 rings (SSSR count). The van der Waals surface area contributed by atoms with Crippen LogP contribution >= 0.6 is 0 Å². The summed E-state index contributed by atoms with van der Waals surface area (Å²) in [6.07, 6.45) is 0.